The van der Waals surface area contributed by atoms with Gasteiger partial charge >= 0.3 is 0 Å². The lowest BCUT2D eigenvalue weighted by Crippen LogP contribution is -2.38. The molecule has 0 aliphatic carbocycles. The normalized spacial score (nSPS) is 10.4. The lowest BCUT2D eigenvalue weighted by atomic mass is 10.1. The molecule has 0 saturated carbocycles. The number of carbonyl (C=O) groups excluding carboxylic acids is 2. The van der Waals surface area contributed by atoms with Gasteiger partial charge in [0.1, 0.15) is 5.82 Å². The Balaban J connectivity index is 2.00. The summed E-state index contributed by atoms with van der Waals surface area (Å²) in [6, 6.07) is 10.7. The van der Waals surface area contributed by atoms with Crippen molar-refractivity contribution in [2.45, 2.75) is 13.3 Å². The zero-order valence-corrected chi connectivity index (χ0v) is 15.1. The van der Waals surface area contributed by atoms with Crippen LogP contribution in [0.25, 0.3) is 0 Å². The molecule has 2 rings (SSSR count). The zero-order chi connectivity index (χ0) is 18.4. The molecule has 2 aromatic rings. The van der Waals surface area contributed by atoms with E-state index < -0.39 is 11.7 Å². The van der Waals surface area contributed by atoms with Crippen molar-refractivity contribution in [2.75, 3.05) is 18.4 Å². The second kappa shape index (κ2) is 8.83. The van der Waals surface area contributed by atoms with Crippen LogP contribution in [0.2, 0.25) is 10.0 Å². The van der Waals surface area contributed by atoms with Crippen LogP contribution >= 0.6 is 23.2 Å². The predicted molar refractivity (Wildman–Crippen MR) is 97.4 cm³/mol. The fourth-order valence-corrected chi connectivity index (χ4v) is 2.77. The fraction of sp³-hybridized carbons (Fsp3) is 0.222. The van der Waals surface area contributed by atoms with Gasteiger partial charge in [0.05, 0.1) is 28.7 Å². The second-order valence-corrected chi connectivity index (χ2v) is 6.17. The third-order valence-electron chi connectivity index (χ3n) is 3.54. The molecule has 0 unspecified atom stereocenters. The number of rotatable bonds is 6. The first-order chi connectivity index (χ1) is 11.9. The van der Waals surface area contributed by atoms with Gasteiger partial charge in [0, 0.05) is 6.54 Å². The number of likely N-dealkylation sites (N-methyl/N-ethyl adjacent to an activating group) is 1. The first-order valence-corrected chi connectivity index (χ1v) is 8.42. The zero-order valence-electron chi connectivity index (χ0n) is 13.6. The number of amides is 2. The van der Waals surface area contributed by atoms with E-state index >= 15 is 0 Å². The minimum absolute atomic E-state index is 0.0196. The Bertz CT molecular complexity index is 763. The van der Waals surface area contributed by atoms with Gasteiger partial charge in [-0.15, -0.1) is 0 Å². The van der Waals surface area contributed by atoms with Crippen LogP contribution in [-0.2, 0) is 16.0 Å². The highest BCUT2D eigenvalue weighted by molar-refractivity contribution is 6.39. The minimum atomic E-state index is -0.413. The van der Waals surface area contributed by atoms with Crippen molar-refractivity contribution in [3.05, 3.63) is 63.9 Å². The third-order valence-corrected chi connectivity index (χ3v) is 4.17. The summed E-state index contributed by atoms with van der Waals surface area (Å²) in [5.41, 5.74) is 0.863. The van der Waals surface area contributed by atoms with E-state index in [9.17, 15) is 14.0 Å². The van der Waals surface area contributed by atoms with Crippen LogP contribution in [-0.4, -0.2) is 29.8 Å². The number of anilines is 1. The van der Waals surface area contributed by atoms with Crippen molar-refractivity contribution < 1.29 is 14.0 Å². The molecule has 0 aromatic heterocycles. The van der Waals surface area contributed by atoms with E-state index in [0.717, 1.165) is 0 Å². The van der Waals surface area contributed by atoms with Gasteiger partial charge in [-0.2, -0.15) is 0 Å². The second-order valence-electron chi connectivity index (χ2n) is 5.36. The fourth-order valence-electron chi connectivity index (χ4n) is 2.28. The van der Waals surface area contributed by atoms with Crippen LogP contribution in [0.1, 0.15) is 12.5 Å². The summed E-state index contributed by atoms with van der Waals surface area (Å²) in [6.45, 7) is 1.96. The molecule has 7 heteroatoms. The quantitative estimate of drug-likeness (QED) is 0.814. The van der Waals surface area contributed by atoms with Crippen molar-refractivity contribution in [1.29, 1.82) is 0 Å². The van der Waals surface area contributed by atoms with E-state index in [2.05, 4.69) is 5.32 Å². The number of hydrogen-bond acceptors (Lipinski definition) is 2. The maximum atomic E-state index is 13.2. The van der Waals surface area contributed by atoms with Gasteiger partial charge in [-0.25, -0.2) is 4.39 Å². The molecule has 0 fully saturated rings. The topological polar surface area (TPSA) is 49.4 Å². The van der Waals surface area contributed by atoms with E-state index in [0.29, 0.717) is 27.8 Å². The Morgan fingerprint density at radius 2 is 1.76 bits per heavy atom. The number of carbonyl (C=O) groups is 2. The highest BCUT2D eigenvalue weighted by Gasteiger charge is 2.17. The van der Waals surface area contributed by atoms with E-state index in [1.54, 1.807) is 37.3 Å². The molecule has 0 heterocycles. The Kier molecular flexibility index (Phi) is 6.79. The van der Waals surface area contributed by atoms with Crippen molar-refractivity contribution in [2.24, 2.45) is 0 Å². The molecule has 2 amide bonds. The van der Waals surface area contributed by atoms with Crippen LogP contribution < -0.4 is 5.32 Å². The van der Waals surface area contributed by atoms with E-state index in [1.807, 2.05) is 0 Å². The lowest BCUT2D eigenvalue weighted by Gasteiger charge is -2.21. The smallest absolute Gasteiger partial charge is 0.244 e. The largest absolute Gasteiger partial charge is 0.333 e. The van der Waals surface area contributed by atoms with Crippen LogP contribution in [0, 0.1) is 5.82 Å². The molecular weight excluding hydrogens is 366 g/mol. The average molecular weight is 383 g/mol. The van der Waals surface area contributed by atoms with Crippen LogP contribution in [0.5, 0.6) is 0 Å². The minimum Gasteiger partial charge on any atom is -0.333 e. The Hall–Kier alpha value is -2.11. The van der Waals surface area contributed by atoms with Gasteiger partial charge in [0.15, 0.2) is 0 Å². The molecule has 2 aromatic carbocycles. The van der Waals surface area contributed by atoms with Crippen LogP contribution in [0.4, 0.5) is 10.1 Å². The molecule has 0 bridgehead atoms. The molecule has 0 spiro atoms. The summed E-state index contributed by atoms with van der Waals surface area (Å²) >= 11 is 12.0. The first kappa shape index (κ1) is 19.2. The molecule has 132 valence electrons. The number of halogens is 3. The highest BCUT2D eigenvalue weighted by atomic mass is 35.5. The van der Waals surface area contributed by atoms with Gasteiger partial charge in [0.2, 0.25) is 11.8 Å². The number of nitrogens with one attached hydrogen (secondary N) is 1. The van der Waals surface area contributed by atoms with Crippen molar-refractivity contribution in [3.8, 4) is 0 Å². The van der Waals surface area contributed by atoms with Crippen molar-refractivity contribution in [1.82, 2.24) is 4.90 Å². The van der Waals surface area contributed by atoms with E-state index in [4.69, 9.17) is 23.2 Å². The standard InChI is InChI=1S/C18H17Cl2FN2O2/c1-2-23(17(25)10-12-5-3-6-13(21)9-12)11-16(24)22-18-14(19)7-4-8-15(18)20/h3-9H,2,10-11H2,1H3,(H,22,24). The number of hydrogen-bond donors (Lipinski definition) is 1. The molecule has 25 heavy (non-hydrogen) atoms. The maximum Gasteiger partial charge on any atom is 0.244 e. The molecule has 1 N–H and O–H groups in total. The van der Waals surface area contributed by atoms with E-state index in [1.165, 1.54) is 17.0 Å². The summed E-state index contributed by atoms with van der Waals surface area (Å²) in [5.74, 6) is -1.09. The van der Waals surface area contributed by atoms with Crippen LogP contribution in [0.15, 0.2) is 42.5 Å². The summed E-state index contributed by atoms with van der Waals surface area (Å²) in [5, 5.41) is 3.24. The predicted octanol–water partition coefficient (Wildman–Crippen LogP) is 4.16. The molecule has 0 aliphatic heterocycles. The SMILES string of the molecule is CCN(CC(=O)Nc1c(Cl)cccc1Cl)C(=O)Cc1cccc(F)c1. The summed E-state index contributed by atoms with van der Waals surface area (Å²) in [4.78, 5) is 25.9. The molecule has 0 atom stereocenters. The first-order valence-electron chi connectivity index (χ1n) is 7.66. The van der Waals surface area contributed by atoms with Crippen molar-refractivity contribution in [3.63, 3.8) is 0 Å². The van der Waals surface area contributed by atoms with Crippen molar-refractivity contribution >= 4 is 40.7 Å². The third kappa shape index (κ3) is 5.44. The summed E-state index contributed by atoms with van der Waals surface area (Å²) < 4.78 is 13.2. The highest BCUT2D eigenvalue weighted by Crippen LogP contribution is 2.29. The summed E-state index contributed by atoms with van der Waals surface area (Å²) in [6.07, 6.45) is 0.0196. The lowest BCUT2D eigenvalue weighted by molar-refractivity contribution is -0.133. The Labute approximate surface area is 155 Å². The number of para-hydroxylation sites is 1. The van der Waals surface area contributed by atoms with Crippen LogP contribution in [0.3, 0.4) is 0 Å². The Morgan fingerprint density at radius 1 is 1.12 bits per heavy atom. The summed E-state index contributed by atoms with van der Waals surface area (Å²) in [7, 11) is 0. The molecule has 0 radical (unpaired) electrons. The average Bonchev–Trinajstić information content (AvgIpc) is 2.56. The maximum absolute atomic E-state index is 13.2. The molecule has 0 aliphatic rings. The van der Waals surface area contributed by atoms with Gasteiger partial charge in [-0.05, 0) is 36.8 Å². The van der Waals surface area contributed by atoms with Gasteiger partial charge in [0.25, 0.3) is 0 Å². The Morgan fingerprint density at radius 3 is 2.36 bits per heavy atom. The molecule has 0 saturated heterocycles. The molecular formula is C18H17Cl2FN2O2. The number of nitrogens with zero attached hydrogens (tertiary/aromatic N) is 1. The monoisotopic (exact) mass is 382 g/mol. The van der Waals surface area contributed by atoms with Gasteiger partial charge in [-0.1, -0.05) is 41.4 Å². The molecule has 4 nitrogen and oxygen atoms in total. The van der Waals surface area contributed by atoms with Gasteiger partial charge < -0.3 is 10.2 Å². The number of benzene rings is 2. The van der Waals surface area contributed by atoms with E-state index in [-0.39, 0.29) is 18.9 Å². The van der Waals surface area contributed by atoms with Gasteiger partial charge in [-0.3, -0.25) is 9.59 Å².